The third-order valence-electron chi connectivity index (χ3n) is 2.37. The Bertz CT molecular complexity index is 401. The van der Waals surface area contributed by atoms with Gasteiger partial charge in [-0.05, 0) is 25.1 Å². The van der Waals surface area contributed by atoms with Crippen molar-refractivity contribution in [2.75, 3.05) is 13.2 Å². The van der Waals surface area contributed by atoms with Gasteiger partial charge in [-0.3, -0.25) is 4.79 Å². The maximum absolute atomic E-state index is 11.8. The van der Waals surface area contributed by atoms with E-state index in [1.165, 1.54) is 0 Å². The van der Waals surface area contributed by atoms with Crippen LogP contribution in [0.3, 0.4) is 0 Å². The van der Waals surface area contributed by atoms with Crippen molar-refractivity contribution in [3.63, 3.8) is 0 Å². The van der Waals surface area contributed by atoms with Crippen LogP contribution in [0.4, 0.5) is 0 Å². The van der Waals surface area contributed by atoms with Crippen LogP contribution in [0.15, 0.2) is 18.2 Å². The van der Waals surface area contributed by atoms with Gasteiger partial charge < -0.3 is 15.2 Å². The van der Waals surface area contributed by atoms with Crippen molar-refractivity contribution in [1.29, 1.82) is 0 Å². The largest absolute Gasteiger partial charge is 0.486 e. The number of ketones is 1. The standard InChI is InChI=1S/C12H15NO3/c1-8(13)6-10(14)9-2-3-11-12(7-9)16-5-4-15-11/h2-3,7-8H,4-6,13H2,1H3. The number of Topliss-reactive ketones (excluding diaryl/α,β-unsaturated/α-hetero) is 1. The Balaban J connectivity index is 2.19. The van der Waals surface area contributed by atoms with E-state index in [0.717, 1.165) is 0 Å². The molecule has 86 valence electrons. The van der Waals surface area contributed by atoms with Gasteiger partial charge in [0, 0.05) is 18.0 Å². The Labute approximate surface area is 94.3 Å². The summed E-state index contributed by atoms with van der Waals surface area (Å²) in [6.45, 7) is 2.90. The molecule has 0 fully saturated rings. The summed E-state index contributed by atoms with van der Waals surface area (Å²) in [7, 11) is 0. The Hall–Kier alpha value is -1.55. The summed E-state index contributed by atoms with van der Waals surface area (Å²) in [6.07, 6.45) is 0.347. The third-order valence-corrected chi connectivity index (χ3v) is 2.37. The van der Waals surface area contributed by atoms with E-state index in [1.807, 2.05) is 6.92 Å². The van der Waals surface area contributed by atoms with E-state index in [4.69, 9.17) is 15.2 Å². The van der Waals surface area contributed by atoms with Gasteiger partial charge in [0.05, 0.1) is 0 Å². The van der Waals surface area contributed by atoms with Gasteiger partial charge in [0.15, 0.2) is 17.3 Å². The number of nitrogens with two attached hydrogens (primary N) is 1. The first-order chi connectivity index (χ1) is 7.66. The predicted molar refractivity (Wildman–Crippen MR) is 60.0 cm³/mol. The van der Waals surface area contributed by atoms with E-state index in [9.17, 15) is 4.79 Å². The molecule has 0 bridgehead atoms. The quantitative estimate of drug-likeness (QED) is 0.783. The minimum atomic E-state index is -0.124. The fourth-order valence-electron chi connectivity index (χ4n) is 1.63. The van der Waals surface area contributed by atoms with Gasteiger partial charge in [-0.2, -0.15) is 0 Å². The van der Waals surface area contributed by atoms with Crippen LogP contribution in [0, 0.1) is 0 Å². The minimum absolute atomic E-state index is 0.0342. The number of carbonyl (C=O) groups is 1. The van der Waals surface area contributed by atoms with Gasteiger partial charge in [0.25, 0.3) is 0 Å². The molecule has 2 N–H and O–H groups in total. The second-order valence-corrected chi connectivity index (χ2v) is 3.96. The highest BCUT2D eigenvalue weighted by Gasteiger charge is 2.15. The lowest BCUT2D eigenvalue weighted by atomic mass is 10.0. The highest BCUT2D eigenvalue weighted by Crippen LogP contribution is 2.31. The van der Waals surface area contributed by atoms with E-state index in [2.05, 4.69) is 0 Å². The number of rotatable bonds is 3. The van der Waals surface area contributed by atoms with Gasteiger partial charge in [0.2, 0.25) is 0 Å². The van der Waals surface area contributed by atoms with Crippen molar-refractivity contribution in [1.82, 2.24) is 0 Å². The molecule has 0 saturated carbocycles. The highest BCUT2D eigenvalue weighted by molar-refractivity contribution is 5.97. The van der Waals surface area contributed by atoms with Gasteiger partial charge in [-0.15, -0.1) is 0 Å². The van der Waals surface area contributed by atoms with Gasteiger partial charge >= 0.3 is 0 Å². The predicted octanol–water partition coefficient (Wildman–Crippen LogP) is 1.38. The fourth-order valence-corrected chi connectivity index (χ4v) is 1.63. The maximum Gasteiger partial charge on any atom is 0.164 e. The molecular weight excluding hydrogens is 206 g/mol. The molecule has 2 rings (SSSR count). The van der Waals surface area contributed by atoms with Crippen LogP contribution in [0.1, 0.15) is 23.7 Å². The molecule has 16 heavy (non-hydrogen) atoms. The zero-order chi connectivity index (χ0) is 11.5. The summed E-state index contributed by atoms with van der Waals surface area (Å²) in [5.41, 5.74) is 6.22. The first-order valence-corrected chi connectivity index (χ1v) is 5.35. The molecule has 0 spiro atoms. The molecule has 4 heteroatoms. The second kappa shape index (κ2) is 4.53. The van der Waals surface area contributed by atoms with Crippen LogP contribution >= 0.6 is 0 Å². The number of ether oxygens (including phenoxy) is 2. The molecule has 0 aliphatic carbocycles. The Morgan fingerprint density at radius 2 is 2.06 bits per heavy atom. The molecule has 0 radical (unpaired) electrons. The van der Waals surface area contributed by atoms with Crippen LogP contribution in [-0.2, 0) is 0 Å². The van der Waals surface area contributed by atoms with Crippen molar-refractivity contribution in [3.8, 4) is 11.5 Å². The summed E-state index contributed by atoms with van der Waals surface area (Å²) < 4.78 is 10.8. The molecule has 1 unspecified atom stereocenters. The van der Waals surface area contributed by atoms with Crippen molar-refractivity contribution >= 4 is 5.78 Å². The second-order valence-electron chi connectivity index (χ2n) is 3.96. The smallest absolute Gasteiger partial charge is 0.164 e. The number of benzene rings is 1. The van der Waals surface area contributed by atoms with Gasteiger partial charge in [-0.25, -0.2) is 0 Å². The van der Waals surface area contributed by atoms with E-state index in [1.54, 1.807) is 18.2 Å². The Morgan fingerprint density at radius 1 is 1.38 bits per heavy atom. The van der Waals surface area contributed by atoms with Crippen LogP contribution in [0.25, 0.3) is 0 Å². The van der Waals surface area contributed by atoms with E-state index in [0.29, 0.717) is 36.7 Å². The average molecular weight is 221 g/mol. The normalized spacial score (nSPS) is 15.6. The monoisotopic (exact) mass is 221 g/mol. The van der Waals surface area contributed by atoms with Crippen LogP contribution in [-0.4, -0.2) is 25.0 Å². The lowest BCUT2D eigenvalue weighted by Crippen LogP contribution is -2.20. The summed E-state index contributed by atoms with van der Waals surface area (Å²) in [5.74, 6) is 1.37. The number of fused-ring (bicyclic) bond motifs is 1. The van der Waals surface area contributed by atoms with Crippen LogP contribution < -0.4 is 15.2 Å². The topological polar surface area (TPSA) is 61.6 Å². The molecule has 0 saturated heterocycles. The Morgan fingerprint density at radius 3 is 2.75 bits per heavy atom. The third kappa shape index (κ3) is 2.33. The van der Waals surface area contributed by atoms with Crippen molar-refractivity contribution in [3.05, 3.63) is 23.8 Å². The number of hydrogen-bond acceptors (Lipinski definition) is 4. The molecule has 0 amide bonds. The summed E-state index contributed by atoms with van der Waals surface area (Å²) in [5, 5.41) is 0. The molecule has 1 aliphatic heterocycles. The van der Waals surface area contributed by atoms with Gasteiger partial charge in [-0.1, -0.05) is 0 Å². The molecule has 1 aliphatic rings. The van der Waals surface area contributed by atoms with Crippen molar-refractivity contribution in [2.45, 2.75) is 19.4 Å². The van der Waals surface area contributed by atoms with Crippen molar-refractivity contribution in [2.24, 2.45) is 5.73 Å². The Kier molecular flexibility index (Phi) is 3.10. The molecule has 1 aromatic rings. The lowest BCUT2D eigenvalue weighted by molar-refractivity contribution is 0.0975. The molecular formula is C12H15NO3. The summed E-state index contributed by atoms with van der Waals surface area (Å²) >= 11 is 0. The zero-order valence-electron chi connectivity index (χ0n) is 9.23. The molecule has 4 nitrogen and oxygen atoms in total. The zero-order valence-corrected chi connectivity index (χ0v) is 9.23. The summed E-state index contributed by atoms with van der Waals surface area (Å²) in [4.78, 5) is 11.8. The molecule has 1 aromatic carbocycles. The summed E-state index contributed by atoms with van der Waals surface area (Å²) in [6, 6.07) is 5.11. The van der Waals surface area contributed by atoms with E-state index < -0.39 is 0 Å². The first kappa shape index (κ1) is 11.0. The van der Waals surface area contributed by atoms with Gasteiger partial charge in [0.1, 0.15) is 13.2 Å². The van der Waals surface area contributed by atoms with E-state index in [-0.39, 0.29) is 11.8 Å². The number of carbonyl (C=O) groups excluding carboxylic acids is 1. The van der Waals surface area contributed by atoms with E-state index >= 15 is 0 Å². The van der Waals surface area contributed by atoms with Crippen LogP contribution in [0.2, 0.25) is 0 Å². The lowest BCUT2D eigenvalue weighted by Gasteiger charge is -2.18. The maximum atomic E-state index is 11.8. The minimum Gasteiger partial charge on any atom is -0.486 e. The highest BCUT2D eigenvalue weighted by atomic mass is 16.6. The fraction of sp³-hybridized carbons (Fsp3) is 0.417. The molecule has 0 aromatic heterocycles. The number of hydrogen-bond donors (Lipinski definition) is 1. The molecule has 1 heterocycles. The average Bonchev–Trinajstić information content (AvgIpc) is 2.27. The first-order valence-electron chi connectivity index (χ1n) is 5.35. The SMILES string of the molecule is CC(N)CC(=O)c1ccc2c(c1)OCCO2. The molecule has 1 atom stereocenters. The van der Waals surface area contributed by atoms with Crippen LogP contribution in [0.5, 0.6) is 11.5 Å². The van der Waals surface area contributed by atoms with Crippen molar-refractivity contribution < 1.29 is 14.3 Å².